The summed E-state index contributed by atoms with van der Waals surface area (Å²) in [6.07, 6.45) is 4.52. The first-order chi connectivity index (χ1) is 20.5. The number of unbranched alkanes of at least 4 members (excludes halogenated alkanes) is 1. The molecule has 5 atom stereocenters. The molecule has 0 fully saturated rings. The van der Waals surface area contributed by atoms with Gasteiger partial charge in [0.15, 0.2) is 5.96 Å². The van der Waals surface area contributed by atoms with Crippen molar-refractivity contribution in [2.75, 3.05) is 13.1 Å². The van der Waals surface area contributed by atoms with Crippen LogP contribution in [0.2, 0.25) is 0 Å². The van der Waals surface area contributed by atoms with E-state index in [1.165, 1.54) is 0 Å². The number of nitrogens with zero attached hydrogens (tertiary/aromatic N) is 1. The predicted octanol–water partition coefficient (Wildman–Crippen LogP) is -0.195. The largest absolute Gasteiger partial charge is 0.480 e. The van der Waals surface area contributed by atoms with Crippen LogP contribution in [0.15, 0.2) is 35.5 Å². The van der Waals surface area contributed by atoms with Gasteiger partial charge < -0.3 is 49.0 Å². The molecule has 0 aliphatic rings. The molecule has 0 aliphatic carbocycles. The number of carbonyl (C=O) groups excluding carboxylic acids is 3. The number of rotatable bonds is 19. The van der Waals surface area contributed by atoms with Crippen LogP contribution in [0, 0.1) is 5.92 Å². The normalized spacial score (nSPS) is 14.6. The Morgan fingerprint density at radius 3 is 2.28 bits per heavy atom. The van der Waals surface area contributed by atoms with Gasteiger partial charge in [0, 0.05) is 30.1 Å². The fourth-order valence-electron chi connectivity index (χ4n) is 4.63. The average molecular weight is 602 g/mol. The molecule has 0 saturated carbocycles. The summed E-state index contributed by atoms with van der Waals surface area (Å²) in [7, 11) is 0. The van der Waals surface area contributed by atoms with Crippen molar-refractivity contribution in [1.82, 2.24) is 20.9 Å². The third-order valence-electron chi connectivity index (χ3n) is 7.39. The summed E-state index contributed by atoms with van der Waals surface area (Å²) in [6, 6.07) is 3.38. The van der Waals surface area contributed by atoms with Crippen LogP contribution in [-0.4, -0.2) is 77.0 Å². The Bertz CT molecular complexity index is 1240. The van der Waals surface area contributed by atoms with E-state index in [0.717, 1.165) is 16.5 Å². The summed E-state index contributed by atoms with van der Waals surface area (Å²) < 4.78 is 0. The van der Waals surface area contributed by atoms with Crippen LogP contribution < -0.4 is 38.9 Å². The molecule has 0 spiro atoms. The monoisotopic (exact) mass is 601 g/mol. The van der Waals surface area contributed by atoms with Gasteiger partial charge in [0.1, 0.15) is 18.1 Å². The van der Waals surface area contributed by atoms with Gasteiger partial charge in [-0.2, -0.15) is 0 Å². The third-order valence-corrected chi connectivity index (χ3v) is 7.39. The van der Waals surface area contributed by atoms with Gasteiger partial charge in [-0.3, -0.25) is 19.4 Å². The van der Waals surface area contributed by atoms with E-state index in [-0.39, 0.29) is 31.1 Å². The number of aliphatic carboxylic acids is 1. The molecule has 3 amide bonds. The lowest BCUT2D eigenvalue weighted by molar-refractivity contribution is -0.144. The van der Waals surface area contributed by atoms with Gasteiger partial charge in [0.05, 0.1) is 6.04 Å². The Labute approximate surface area is 251 Å². The second-order valence-corrected chi connectivity index (χ2v) is 10.7. The second kappa shape index (κ2) is 17.7. The first kappa shape index (κ1) is 35.0. The molecule has 43 heavy (non-hydrogen) atoms. The van der Waals surface area contributed by atoms with Gasteiger partial charge in [-0.05, 0) is 56.2 Å². The summed E-state index contributed by atoms with van der Waals surface area (Å²) >= 11 is 0. The standard InChI is InChI=1S/C29H47N9O5/c1-3-17(2)24(28(42)43)38-26(40)22(12-6-7-13-30)36-27(41)23(15-18-16-35-21-11-5-4-9-19(18)21)37-25(39)20(31)10-8-14-34-29(32)33/h4-5,9,11,16-17,20,22-24,35H,3,6-8,10,12-15,30-31H2,1-2H3,(H,36,41)(H,37,39)(H,38,40)(H,42,43)(H4,32,33,34). The number of H-pyrrole nitrogens is 1. The second-order valence-electron chi connectivity index (χ2n) is 10.7. The minimum Gasteiger partial charge on any atom is -0.480 e. The number of carbonyl (C=O) groups is 4. The molecule has 0 radical (unpaired) electrons. The number of aromatic nitrogens is 1. The number of nitrogens with one attached hydrogen (secondary N) is 4. The van der Waals surface area contributed by atoms with Crippen molar-refractivity contribution < 1.29 is 24.3 Å². The summed E-state index contributed by atoms with van der Waals surface area (Å²) in [5.74, 6) is -3.31. The Morgan fingerprint density at radius 1 is 0.953 bits per heavy atom. The molecule has 2 aromatic rings. The average Bonchev–Trinajstić information content (AvgIpc) is 3.38. The quantitative estimate of drug-likeness (QED) is 0.0586. The maximum atomic E-state index is 13.7. The number of guanidine groups is 1. The number of aromatic amines is 1. The molecule has 14 heteroatoms. The summed E-state index contributed by atoms with van der Waals surface area (Å²) in [4.78, 5) is 59.0. The van der Waals surface area contributed by atoms with Crippen LogP contribution in [-0.2, 0) is 25.6 Å². The third kappa shape index (κ3) is 11.2. The van der Waals surface area contributed by atoms with Crippen LogP contribution >= 0.6 is 0 Å². The molecule has 2 rings (SSSR count). The first-order valence-corrected chi connectivity index (χ1v) is 14.7. The fourth-order valence-corrected chi connectivity index (χ4v) is 4.63. The van der Waals surface area contributed by atoms with Crippen molar-refractivity contribution in [1.29, 1.82) is 0 Å². The number of fused-ring (bicyclic) bond motifs is 1. The highest BCUT2D eigenvalue weighted by Gasteiger charge is 2.32. The Morgan fingerprint density at radius 2 is 1.63 bits per heavy atom. The van der Waals surface area contributed by atoms with Gasteiger partial charge in [0.2, 0.25) is 17.7 Å². The SMILES string of the molecule is CCC(C)C(NC(=O)C(CCCCN)NC(=O)C(Cc1c[nH]c2ccccc12)NC(=O)C(N)CCCN=C(N)N)C(=O)O. The number of para-hydroxylation sites is 1. The van der Waals surface area contributed by atoms with E-state index in [4.69, 9.17) is 22.9 Å². The molecular weight excluding hydrogens is 554 g/mol. The molecule has 0 saturated heterocycles. The van der Waals surface area contributed by atoms with E-state index >= 15 is 0 Å². The molecule has 13 N–H and O–H groups in total. The summed E-state index contributed by atoms with van der Waals surface area (Å²) in [5, 5.41) is 18.6. The fraction of sp³-hybridized carbons (Fsp3) is 0.552. The lowest BCUT2D eigenvalue weighted by atomic mass is 9.98. The molecule has 0 bridgehead atoms. The smallest absolute Gasteiger partial charge is 0.326 e. The van der Waals surface area contributed by atoms with E-state index in [1.54, 1.807) is 13.1 Å². The van der Waals surface area contributed by atoms with Gasteiger partial charge in [-0.25, -0.2) is 4.79 Å². The maximum Gasteiger partial charge on any atom is 0.326 e. The predicted molar refractivity (Wildman–Crippen MR) is 166 cm³/mol. The van der Waals surface area contributed by atoms with Crippen molar-refractivity contribution in [3.63, 3.8) is 0 Å². The molecule has 14 nitrogen and oxygen atoms in total. The van der Waals surface area contributed by atoms with Gasteiger partial charge >= 0.3 is 5.97 Å². The maximum absolute atomic E-state index is 13.7. The van der Waals surface area contributed by atoms with Crippen molar-refractivity contribution in [2.45, 2.75) is 83.0 Å². The van der Waals surface area contributed by atoms with Crippen LogP contribution in [0.1, 0.15) is 57.9 Å². The molecular formula is C29H47N9O5. The molecule has 238 valence electrons. The zero-order valence-corrected chi connectivity index (χ0v) is 25.0. The highest BCUT2D eigenvalue weighted by Crippen LogP contribution is 2.19. The Hall–Kier alpha value is -4.17. The van der Waals surface area contributed by atoms with Crippen molar-refractivity contribution in [3.05, 3.63) is 36.0 Å². The molecule has 1 aromatic heterocycles. The zero-order chi connectivity index (χ0) is 31.9. The van der Waals surface area contributed by atoms with E-state index in [2.05, 4.69) is 25.9 Å². The van der Waals surface area contributed by atoms with Crippen LogP contribution in [0.5, 0.6) is 0 Å². The van der Waals surface area contributed by atoms with Crippen LogP contribution in [0.25, 0.3) is 10.9 Å². The summed E-state index contributed by atoms with van der Waals surface area (Å²) in [5.41, 5.74) is 24.1. The first-order valence-electron chi connectivity index (χ1n) is 14.7. The minimum absolute atomic E-state index is 0.0580. The number of carboxylic acid groups (broad SMARTS) is 1. The number of nitrogens with two attached hydrogens (primary N) is 4. The molecule has 5 unspecified atom stereocenters. The van der Waals surface area contributed by atoms with E-state index in [9.17, 15) is 24.3 Å². The van der Waals surface area contributed by atoms with E-state index < -0.39 is 47.9 Å². The number of amides is 3. The summed E-state index contributed by atoms with van der Waals surface area (Å²) in [6.45, 7) is 4.26. The molecule has 1 heterocycles. The van der Waals surface area contributed by atoms with Gasteiger partial charge in [-0.15, -0.1) is 0 Å². The minimum atomic E-state index is -1.16. The Balaban J connectivity index is 2.28. The molecule has 0 aliphatic heterocycles. The van der Waals surface area contributed by atoms with E-state index in [0.29, 0.717) is 38.8 Å². The van der Waals surface area contributed by atoms with Crippen LogP contribution in [0.4, 0.5) is 0 Å². The number of hydrogen-bond donors (Lipinski definition) is 9. The van der Waals surface area contributed by atoms with Crippen molar-refractivity contribution in [2.24, 2.45) is 33.8 Å². The zero-order valence-electron chi connectivity index (χ0n) is 25.0. The number of hydrogen-bond acceptors (Lipinski definition) is 7. The van der Waals surface area contributed by atoms with Gasteiger partial charge in [0.25, 0.3) is 0 Å². The molecule has 1 aromatic carbocycles. The van der Waals surface area contributed by atoms with Gasteiger partial charge in [-0.1, -0.05) is 38.5 Å². The lowest BCUT2D eigenvalue weighted by Crippen LogP contribution is -2.58. The number of aliphatic imine (C=N–C) groups is 1. The van der Waals surface area contributed by atoms with Crippen molar-refractivity contribution >= 4 is 40.6 Å². The lowest BCUT2D eigenvalue weighted by Gasteiger charge is -2.26. The van der Waals surface area contributed by atoms with E-state index in [1.807, 2.05) is 31.2 Å². The Kier molecular flexibility index (Phi) is 14.4. The van der Waals surface area contributed by atoms with Crippen molar-refractivity contribution in [3.8, 4) is 0 Å². The highest BCUT2D eigenvalue weighted by molar-refractivity contribution is 5.95. The number of carboxylic acids is 1. The number of benzene rings is 1. The highest BCUT2D eigenvalue weighted by atomic mass is 16.4. The topological polar surface area (TPSA) is 257 Å². The van der Waals surface area contributed by atoms with Crippen LogP contribution in [0.3, 0.4) is 0 Å².